The number of rotatable bonds is 4. The third kappa shape index (κ3) is 2.76. The summed E-state index contributed by atoms with van der Waals surface area (Å²) in [5.74, 6) is 0.832. The summed E-state index contributed by atoms with van der Waals surface area (Å²) in [6, 6.07) is 0. The number of aromatic nitrogens is 1. The molecule has 1 saturated carbocycles. The zero-order valence-corrected chi connectivity index (χ0v) is 9.95. The molecule has 1 aliphatic carbocycles. The van der Waals surface area contributed by atoms with E-state index in [1.165, 1.54) is 12.8 Å². The zero-order valence-electron chi connectivity index (χ0n) is 7.55. The van der Waals surface area contributed by atoms with Crippen molar-refractivity contribution >= 4 is 27.3 Å². The van der Waals surface area contributed by atoms with Crippen LogP contribution in [0.25, 0.3) is 0 Å². The lowest BCUT2D eigenvalue weighted by Crippen LogP contribution is -1.97. The van der Waals surface area contributed by atoms with Crippen molar-refractivity contribution < 1.29 is 4.74 Å². The molecule has 1 aliphatic rings. The topological polar surface area (TPSA) is 22.1 Å². The summed E-state index contributed by atoms with van der Waals surface area (Å²) < 4.78 is 6.66. The van der Waals surface area contributed by atoms with Gasteiger partial charge in [-0.05, 0) is 41.6 Å². The first-order chi connectivity index (χ1) is 6.25. The van der Waals surface area contributed by atoms with E-state index in [1.54, 1.807) is 11.3 Å². The van der Waals surface area contributed by atoms with Crippen LogP contribution in [0.1, 0.15) is 23.5 Å². The van der Waals surface area contributed by atoms with Crippen molar-refractivity contribution in [3.63, 3.8) is 0 Å². The van der Waals surface area contributed by atoms with Crippen molar-refractivity contribution in [1.82, 2.24) is 4.98 Å². The molecule has 0 saturated heterocycles. The Hall–Kier alpha value is 0.0700. The summed E-state index contributed by atoms with van der Waals surface area (Å²) in [5.41, 5.74) is 1.04. The molecule has 0 atom stereocenters. The average Bonchev–Trinajstić information content (AvgIpc) is 2.81. The molecule has 0 unspecified atom stereocenters. The molecular formula is C9H12BrNOS. The lowest BCUT2D eigenvalue weighted by molar-refractivity contribution is 0.108. The van der Waals surface area contributed by atoms with E-state index in [4.69, 9.17) is 4.74 Å². The first-order valence-electron chi connectivity index (χ1n) is 4.45. The Morgan fingerprint density at radius 1 is 1.62 bits per heavy atom. The molecule has 0 radical (unpaired) electrons. The molecule has 2 rings (SSSR count). The van der Waals surface area contributed by atoms with Gasteiger partial charge in [0, 0.05) is 6.61 Å². The van der Waals surface area contributed by atoms with E-state index in [0.29, 0.717) is 6.61 Å². The van der Waals surface area contributed by atoms with Crippen LogP contribution in [0.3, 0.4) is 0 Å². The van der Waals surface area contributed by atoms with E-state index in [0.717, 1.165) is 27.0 Å². The first kappa shape index (κ1) is 9.62. The Labute approximate surface area is 90.5 Å². The molecule has 0 amide bonds. The van der Waals surface area contributed by atoms with Crippen molar-refractivity contribution in [2.24, 2.45) is 5.92 Å². The number of hydrogen-bond acceptors (Lipinski definition) is 3. The van der Waals surface area contributed by atoms with E-state index in [9.17, 15) is 0 Å². The molecule has 1 heterocycles. The normalized spacial score (nSPS) is 16.5. The van der Waals surface area contributed by atoms with Crippen molar-refractivity contribution in [3.05, 3.63) is 14.5 Å². The first-order valence-corrected chi connectivity index (χ1v) is 6.06. The molecule has 0 bridgehead atoms. The number of thiazole rings is 1. The summed E-state index contributed by atoms with van der Waals surface area (Å²) in [4.78, 5) is 4.37. The summed E-state index contributed by atoms with van der Waals surface area (Å²) in [6.45, 7) is 3.57. The minimum Gasteiger partial charge on any atom is -0.375 e. The molecule has 4 heteroatoms. The SMILES string of the molecule is Cc1nc(COCC2CC2)c(Br)s1. The van der Waals surface area contributed by atoms with Gasteiger partial charge in [0.05, 0.1) is 21.1 Å². The summed E-state index contributed by atoms with van der Waals surface area (Å²) in [6.07, 6.45) is 2.69. The summed E-state index contributed by atoms with van der Waals surface area (Å²) in [7, 11) is 0. The second-order valence-corrected chi connectivity index (χ2v) is 5.93. The average molecular weight is 262 g/mol. The second kappa shape index (κ2) is 4.07. The molecule has 0 spiro atoms. The molecule has 0 aliphatic heterocycles. The fourth-order valence-corrected chi connectivity index (χ4v) is 2.68. The Morgan fingerprint density at radius 3 is 2.92 bits per heavy atom. The summed E-state index contributed by atoms with van der Waals surface area (Å²) >= 11 is 5.15. The van der Waals surface area contributed by atoms with Gasteiger partial charge in [-0.2, -0.15) is 0 Å². The summed E-state index contributed by atoms with van der Waals surface area (Å²) in [5, 5.41) is 1.09. The largest absolute Gasteiger partial charge is 0.375 e. The number of hydrogen-bond donors (Lipinski definition) is 0. The van der Waals surface area contributed by atoms with Crippen LogP contribution >= 0.6 is 27.3 Å². The number of ether oxygens (including phenoxy) is 1. The Kier molecular flexibility index (Phi) is 3.01. The highest BCUT2D eigenvalue weighted by molar-refractivity contribution is 9.11. The minimum absolute atomic E-state index is 0.654. The van der Waals surface area contributed by atoms with Crippen LogP contribution in [-0.2, 0) is 11.3 Å². The highest BCUT2D eigenvalue weighted by Gasteiger charge is 2.21. The van der Waals surface area contributed by atoms with Gasteiger partial charge in [-0.15, -0.1) is 11.3 Å². The van der Waals surface area contributed by atoms with Crippen molar-refractivity contribution in [3.8, 4) is 0 Å². The number of nitrogens with zero attached hydrogens (tertiary/aromatic N) is 1. The molecule has 2 nitrogen and oxygen atoms in total. The van der Waals surface area contributed by atoms with Gasteiger partial charge in [0.25, 0.3) is 0 Å². The van der Waals surface area contributed by atoms with E-state index in [1.807, 2.05) is 6.92 Å². The molecule has 1 aromatic rings. The van der Waals surface area contributed by atoms with E-state index < -0.39 is 0 Å². The van der Waals surface area contributed by atoms with Gasteiger partial charge in [0.2, 0.25) is 0 Å². The third-order valence-corrected chi connectivity index (χ3v) is 3.79. The van der Waals surface area contributed by atoms with Crippen LogP contribution in [-0.4, -0.2) is 11.6 Å². The van der Waals surface area contributed by atoms with Gasteiger partial charge in [-0.25, -0.2) is 4.98 Å². The Balaban J connectivity index is 1.81. The van der Waals surface area contributed by atoms with Crippen LogP contribution in [0.15, 0.2) is 3.79 Å². The van der Waals surface area contributed by atoms with Gasteiger partial charge >= 0.3 is 0 Å². The fraction of sp³-hybridized carbons (Fsp3) is 0.667. The number of aryl methyl sites for hydroxylation is 1. The molecule has 0 aromatic carbocycles. The van der Waals surface area contributed by atoms with E-state index in [-0.39, 0.29) is 0 Å². The van der Waals surface area contributed by atoms with Crippen LogP contribution in [0.2, 0.25) is 0 Å². The fourth-order valence-electron chi connectivity index (χ4n) is 1.14. The van der Waals surface area contributed by atoms with E-state index >= 15 is 0 Å². The van der Waals surface area contributed by atoms with Crippen molar-refractivity contribution in [1.29, 1.82) is 0 Å². The molecular weight excluding hydrogens is 250 g/mol. The van der Waals surface area contributed by atoms with Gasteiger partial charge in [0.1, 0.15) is 0 Å². The lowest BCUT2D eigenvalue weighted by atomic mass is 10.4. The molecule has 1 aromatic heterocycles. The van der Waals surface area contributed by atoms with Crippen LogP contribution < -0.4 is 0 Å². The molecule has 1 fully saturated rings. The van der Waals surface area contributed by atoms with Crippen molar-refractivity contribution in [2.75, 3.05) is 6.61 Å². The molecule has 72 valence electrons. The number of halogens is 1. The van der Waals surface area contributed by atoms with Crippen LogP contribution in [0.4, 0.5) is 0 Å². The van der Waals surface area contributed by atoms with Crippen LogP contribution in [0.5, 0.6) is 0 Å². The predicted octanol–water partition coefficient (Wildman–Crippen LogP) is 3.14. The smallest absolute Gasteiger partial charge is 0.0955 e. The maximum absolute atomic E-state index is 5.55. The van der Waals surface area contributed by atoms with Gasteiger partial charge in [0.15, 0.2) is 0 Å². The monoisotopic (exact) mass is 261 g/mol. The standard InChI is InChI=1S/C9H12BrNOS/c1-6-11-8(9(10)13-6)5-12-4-7-2-3-7/h7H,2-5H2,1H3. The minimum atomic E-state index is 0.654. The zero-order chi connectivity index (χ0) is 9.26. The highest BCUT2D eigenvalue weighted by Crippen LogP contribution is 2.30. The van der Waals surface area contributed by atoms with Crippen molar-refractivity contribution in [2.45, 2.75) is 26.4 Å². The Bertz CT molecular complexity index is 296. The third-order valence-electron chi connectivity index (χ3n) is 2.05. The second-order valence-electron chi connectivity index (χ2n) is 3.41. The predicted molar refractivity (Wildman–Crippen MR) is 56.9 cm³/mol. The van der Waals surface area contributed by atoms with Gasteiger partial charge in [-0.1, -0.05) is 0 Å². The molecule has 13 heavy (non-hydrogen) atoms. The van der Waals surface area contributed by atoms with Gasteiger partial charge < -0.3 is 4.74 Å². The maximum Gasteiger partial charge on any atom is 0.0955 e. The Morgan fingerprint density at radius 2 is 2.38 bits per heavy atom. The highest BCUT2D eigenvalue weighted by atomic mass is 79.9. The molecule has 0 N–H and O–H groups in total. The lowest BCUT2D eigenvalue weighted by Gasteiger charge is -1.99. The van der Waals surface area contributed by atoms with Crippen LogP contribution in [0, 0.1) is 12.8 Å². The van der Waals surface area contributed by atoms with Gasteiger partial charge in [-0.3, -0.25) is 0 Å². The van der Waals surface area contributed by atoms with E-state index in [2.05, 4.69) is 20.9 Å². The maximum atomic E-state index is 5.55. The quantitative estimate of drug-likeness (QED) is 0.831.